The summed E-state index contributed by atoms with van der Waals surface area (Å²) in [5.74, 6) is 0.688. The van der Waals surface area contributed by atoms with Gasteiger partial charge in [-0.15, -0.1) is 0 Å². The molecule has 0 N–H and O–H groups in total. The van der Waals surface area contributed by atoms with Crippen LogP contribution < -0.4 is 9.47 Å². The second-order valence-electron chi connectivity index (χ2n) is 4.42. The van der Waals surface area contributed by atoms with Crippen LogP contribution in [0, 0.1) is 0 Å². The molecule has 0 aliphatic rings. The van der Waals surface area contributed by atoms with Crippen LogP contribution in [0.3, 0.4) is 0 Å². The van der Waals surface area contributed by atoms with Crippen molar-refractivity contribution in [3.05, 3.63) is 59.7 Å². The summed E-state index contributed by atoms with van der Waals surface area (Å²) in [6, 6.07) is 13.2. The third-order valence-electron chi connectivity index (χ3n) is 3.03. The summed E-state index contributed by atoms with van der Waals surface area (Å²) in [4.78, 5) is 23.5. The Morgan fingerprint density at radius 3 is 1.90 bits per heavy atom. The Morgan fingerprint density at radius 2 is 1.38 bits per heavy atom. The normalized spacial score (nSPS) is 10.0. The number of esters is 1. The van der Waals surface area contributed by atoms with Gasteiger partial charge in [-0.1, -0.05) is 6.92 Å². The number of hydrogen-bond acceptors (Lipinski definition) is 4. The average Bonchev–Trinajstić information content (AvgIpc) is 2.55. The van der Waals surface area contributed by atoms with E-state index >= 15 is 0 Å². The standard InChI is InChI=1S/C17H16O4/c1-3-16(18)12-4-10-15(11-5-12)21-17(19)13-6-8-14(20-2)9-7-13/h4-11H,3H2,1-2H3. The second-order valence-corrected chi connectivity index (χ2v) is 4.42. The molecule has 0 amide bonds. The number of Topliss-reactive ketones (excluding diaryl/α,β-unsaturated/α-hetero) is 1. The summed E-state index contributed by atoms with van der Waals surface area (Å²) in [7, 11) is 1.56. The fraction of sp³-hybridized carbons (Fsp3) is 0.176. The van der Waals surface area contributed by atoms with E-state index in [1.165, 1.54) is 0 Å². The van der Waals surface area contributed by atoms with Gasteiger partial charge in [0.1, 0.15) is 11.5 Å². The first-order valence-corrected chi connectivity index (χ1v) is 6.63. The molecular formula is C17H16O4. The molecule has 0 saturated heterocycles. The van der Waals surface area contributed by atoms with Crippen LogP contribution in [0.2, 0.25) is 0 Å². The molecule has 0 saturated carbocycles. The maximum absolute atomic E-state index is 12.0. The molecule has 108 valence electrons. The molecule has 2 aromatic rings. The average molecular weight is 284 g/mol. The second kappa shape index (κ2) is 6.70. The Morgan fingerprint density at radius 1 is 0.857 bits per heavy atom. The molecule has 4 nitrogen and oxygen atoms in total. The molecule has 0 radical (unpaired) electrons. The largest absolute Gasteiger partial charge is 0.497 e. The zero-order chi connectivity index (χ0) is 15.2. The van der Waals surface area contributed by atoms with Gasteiger partial charge in [-0.05, 0) is 48.5 Å². The summed E-state index contributed by atoms with van der Waals surface area (Å²) in [6.07, 6.45) is 0.449. The molecule has 0 heterocycles. The Balaban J connectivity index is 2.06. The maximum atomic E-state index is 12.0. The third kappa shape index (κ3) is 3.69. The van der Waals surface area contributed by atoms with Crippen LogP contribution in [-0.4, -0.2) is 18.9 Å². The van der Waals surface area contributed by atoms with Crippen molar-refractivity contribution in [2.75, 3.05) is 7.11 Å². The Labute approximate surface area is 123 Å². The zero-order valence-corrected chi connectivity index (χ0v) is 12.0. The molecule has 0 aliphatic heterocycles. The number of carbonyl (C=O) groups is 2. The number of ketones is 1. The minimum absolute atomic E-state index is 0.0584. The van der Waals surface area contributed by atoms with Crippen molar-refractivity contribution in [2.24, 2.45) is 0 Å². The van der Waals surface area contributed by atoms with E-state index in [1.54, 1.807) is 62.6 Å². The molecule has 0 spiro atoms. The zero-order valence-electron chi connectivity index (χ0n) is 12.0. The highest BCUT2D eigenvalue weighted by Crippen LogP contribution is 2.17. The minimum atomic E-state index is -0.452. The van der Waals surface area contributed by atoms with E-state index in [4.69, 9.17) is 9.47 Å². The van der Waals surface area contributed by atoms with Gasteiger partial charge < -0.3 is 9.47 Å². The van der Waals surface area contributed by atoms with Crippen molar-refractivity contribution in [3.63, 3.8) is 0 Å². The van der Waals surface area contributed by atoms with Crippen LogP contribution in [0.15, 0.2) is 48.5 Å². The number of rotatable bonds is 5. The molecule has 0 fully saturated rings. The van der Waals surface area contributed by atoms with E-state index in [2.05, 4.69) is 0 Å². The summed E-state index contributed by atoms with van der Waals surface area (Å²) in [5.41, 5.74) is 1.05. The van der Waals surface area contributed by atoms with Gasteiger partial charge >= 0.3 is 5.97 Å². The van der Waals surface area contributed by atoms with E-state index in [1.807, 2.05) is 0 Å². The van der Waals surface area contributed by atoms with Gasteiger partial charge in [0.2, 0.25) is 0 Å². The van der Waals surface area contributed by atoms with Crippen molar-refractivity contribution in [1.29, 1.82) is 0 Å². The quantitative estimate of drug-likeness (QED) is 0.479. The van der Waals surface area contributed by atoms with Gasteiger partial charge in [-0.2, -0.15) is 0 Å². The summed E-state index contributed by atoms with van der Waals surface area (Å²) < 4.78 is 10.3. The summed E-state index contributed by atoms with van der Waals surface area (Å²) >= 11 is 0. The maximum Gasteiger partial charge on any atom is 0.343 e. The topological polar surface area (TPSA) is 52.6 Å². The molecule has 0 unspecified atom stereocenters. The van der Waals surface area contributed by atoms with Gasteiger partial charge in [0.15, 0.2) is 5.78 Å². The predicted molar refractivity (Wildman–Crippen MR) is 79.0 cm³/mol. The minimum Gasteiger partial charge on any atom is -0.497 e. The lowest BCUT2D eigenvalue weighted by Gasteiger charge is -2.06. The van der Waals surface area contributed by atoms with Crippen molar-refractivity contribution in [1.82, 2.24) is 0 Å². The number of methoxy groups -OCH3 is 1. The third-order valence-corrected chi connectivity index (χ3v) is 3.03. The lowest BCUT2D eigenvalue weighted by molar-refractivity contribution is 0.0734. The first-order valence-electron chi connectivity index (χ1n) is 6.63. The lowest BCUT2D eigenvalue weighted by atomic mass is 10.1. The van der Waals surface area contributed by atoms with Gasteiger partial charge in [-0.3, -0.25) is 4.79 Å². The number of benzene rings is 2. The van der Waals surface area contributed by atoms with Crippen molar-refractivity contribution in [2.45, 2.75) is 13.3 Å². The van der Waals surface area contributed by atoms with E-state index in [0.717, 1.165) is 0 Å². The van der Waals surface area contributed by atoms with Crippen LogP contribution in [0.4, 0.5) is 0 Å². The molecule has 0 bridgehead atoms. The molecule has 0 aromatic heterocycles. The van der Waals surface area contributed by atoms with Crippen LogP contribution in [0.1, 0.15) is 34.1 Å². The first kappa shape index (κ1) is 14.8. The van der Waals surface area contributed by atoms with Gasteiger partial charge in [0.05, 0.1) is 12.7 Å². The Kier molecular flexibility index (Phi) is 4.72. The van der Waals surface area contributed by atoms with Crippen molar-refractivity contribution >= 4 is 11.8 Å². The number of carbonyl (C=O) groups excluding carboxylic acids is 2. The van der Waals surface area contributed by atoms with E-state index in [-0.39, 0.29) is 5.78 Å². The monoisotopic (exact) mass is 284 g/mol. The summed E-state index contributed by atoms with van der Waals surface area (Å²) in [6.45, 7) is 1.81. The first-order chi connectivity index (χ1) is 10.1. The van der Waals surface area contributed by atoms with Crippen LogP contribution in [0.25, 0.3) is 0 Å². The Hall–Kier alpha value is -2.62. The SMILES string of the molecule is CCC(=O)c1ccc(OC(=O)c2ccc(OC)cc2)cc1. The van der Waals surface area contributed by atoms with Crippen LogP contribution in [0.5, 0.6) is 11.5 Å². The van der Waals surface area contributed by atoms with E-state index in [0.29, 0.717) is 29.0 Å². The highest BCUT2D eigenvalue weighted by Gasteiger charge is 2.09. The molecule has 2 rings (SSSR count). The Bertz CT molecular complexity index is 627. The lowest BCUT2D eigenvalue weighted by Crippen LogP contribution is -2.08. The van der Waals surface area contributed by atoms with Gasteiger partial charge in [0.25, 0.3) is 0 Å². The van der Waals surface area contributed by atoms with Gasteiger partial charge in [-0.25, -0.2) is 4.79 Å². The molecule has 0 atom stereocenters. The molecule has 0 aliphatic carbocycles. The molecular weight excluding hydrogens is 268 g/mol. The number of ether oxygens (including phenoxy) is 2. The molecule has 21 heavy (non-hydrogen) atoms. The van der Waals surface area contributed by atoms with Crippen molar-refractivity contribution in [3.8, 4) is 11.5 Å². The smallest absolute Gasteiger partial charge is 0.343 e. The van der Waals surface area contributed by atoms with E-state index < -0.39 is 5.97 Å². The fourth-order valence-corrected chi connectivity index (χ4v) is 1.81. The van der Waals surface area contributed by atoms with Crippen LogP contribution in [-0.2, 0) is 0 Å². The molecule has 2 aromatic carbocycles. The summed E-state index contributed by atoms with van der Waals surface area (Å²) in [5, 5.41) is 0. The fourth-order valence-electron chi connectivity index (χ4n) is 1.81. The number of hydrogen-bond donors (Lipinski definition) is 0. The highest BCUT2D eigenvalue weighted by molar-refractivity contribution is 5.96. The van der Waals surface area contributed by atoms with Crippen LogP contribution >= 0.6 is 0 Å². The van der Waals surface area contributed by atoms with E-state index in [9.17, 15) is 9.59 Å². The van der Waals surface area contributed by atoms with Crippen molar-refractivity contribution < 1.29 is 19.1 Å². The molecule has 4 heteroatoms. The van der Waals surface area contributed by atoms with Gasteiger partial charge in [0, 0.05) is 12.0 Å². The predicted octanol–water partition coefficient (Wildman–Crippen LogP) is 3.51. The highest BCUT2D eigenvalue weighted by atomic mass is 16.5.